The van der Waals surface area contributed by atoms with Gasteiger partial charge in [-0.3, -0.25) is 0 Å². The summed E-state index contributed by atoms with van der Waals surface area (Å²) in [5, 5.41) is 11.2. The van der Waals surface area contributed by atoms with Gasteiger partial charge in [0.15, 0.2) is 0 Å². The van der Waals surface area contributed by atoms with E-state index in [-0.39, 0.29) is 8.81 Å². The lowest BCUT2D eigenvalue weighted by Crippen LogP contribution is -2.45. The molecule has 1 aromatic rings. The largest absolute Gasteiger partial charge is 0.477 e. The van der Waals surface area contributed by atoms with E-state index in [4.69, 9.17) is 14.0 Å². The molecule has 1 N–H and O–H groups in total. The van der Waals surface area contributed by atoms with Crippen molar-refractivity contribution in [2.45, 2.75) is 51.7 Å². The second kappa shape index (κ2) is 7.89. The Morgan fingerprint density at radius 2 is 2.00 bits per heavy atom. The van der Waals surface area contributed by atoms with Gasteiger partial charge in [-0.25, -0.2) is 4.98 Å². The van der Waals surface area contributed by atoms with E-state index in [1.54, 1.807) is 20.0 Å². The summed E-state index contributed by atoms with van der Waals surface area (Å²) >= 11 is 0. The molecule has 0 spiro atoms. The van der Waals surface area contributed by atoms with Crippen molar-refractivity contribution in [1.29, 1.82) is 0 Å². The smallest absolute Gasteiger partial charge is 0.213 e. The molecule has 0 saturated carbocycles. The zero-order valence-electron chi connectivity index (χ0n) is 14.5. The van der Waals surface area contributed by atoms with Crippen molar-refractivity contribution in [1.82, 2.24) is 4.98 Å². The molecule has 2 heterocycles. The Kier molecular flexibility index (Phi) is 6.38. The molecule has 2 rings (SSSR count). The summed E-state index contributed by atoms with van der Waals surface area (Å²) in [4.78, 5) is 4.26. The Morgan fingerprint density at radius 1 is 1.30 bits per heavy atom. The maximum absolute atomic E-state index is 10.1. The first kappa shape index (κ1) is 18.6. The van der Waals surface area contributed by atoms with Crippen LogP contribution in [-0.2, 0) is 9.26 Å². The standard InChI is InChI=1S/C17H28NO4P/c1-16(2,19)17(3,4)22-23-14-5-8-18-15(11-14)21-12-13-6-9-20-10-7-13/h5,8,11,13,19,23H,6-7,9-10,12H2,1-4H3. The van der Waals surface area contributed by atoms with Gasteiger partial charge in [0.05, 0.1) is 17.8 Å². The Labute approximate surface area is 140 Å². The molecule has 1 aliphatic rings. The summed E-state index contributed by atoms with van der Waals surface area (Å²) in [6, 6.07) is 3.83. The number of aromatic nitrogens is 1. The molecule has 1 unspecified atom stereocenters. The second-order valence-electron chi connectivity index (χ2n) is 7.02. The van der Waals surface area contributed by atoms with Crippen LogP contribution in [0.4, 0.5) is 0 Å². The van der Waals surface area contributed by atoms with Crippen LogP contribution < -0.4 is 10.0 Å². The third-order valence-corrected chi connectivity index (χ3v) is 5.60. The molecule has 0 aromatic carbocycles. The molecule has 0 amide bonds. The van der Waals surface area contributed by atoms with Crippen LogP contribution in [-0.4, -0.2) is 41.1 Å². The topological polar surface area (TPSA) is 60.8 Å². The molecular formula is C17H28NO4P. The fourth-order valence-electron chi connectivity index (χ4n) is 1.98. The van der Waals surface area contributed by atoms with Crippen LogP contribution in [0, 0.1) is 5.92 Å². The first-order chi connectivity index (χ1) is 10.8. The van der Waals surface area contributed by atoms with Crippen LogP contribution in [0.15, 0.2) is 18.3 Å². The highest BCUT2D eigenvalue weighted by Gasteiger charge is 2.36. The van der Waals surface area contributed by atoms with Crippen molar-refractivity contribution < 1.29 is 19.1 Å². The minimum absolute atomic E-state index is 0.137. The molecule has 130 valence electrons. The van der Waals surface area contributed by atoms with Crippen molar-refractivity contribution in [2.75, 3.05) is 19.8 Å². The third-order valence-electron chi connectivity index (χ3n) is 4.44. The zero-order valence-corrected chi connectivity index (χ0v) is 15.5. The predicted molar refractivity (Wildman–Crippen MR) is 92.7 cm³/mol. The lowest BCUT2D eigenvalue weighted by atomic mass is 9.90. The van der Waals surface area contributed by atoms with Crippen LogP contribution in [0.25, 0.3) is 0 Å². The van der Waals surface area contributed by atoms with Crippen molar-refractivity contribution in [3.05, 3.63) is 18.3 Å². The maximum atomic E-state index is 10.1. The number of hydrogen-bond donors (Lipinski definition) is 1. The van der Waals surface area contributed by atoms with Gasteiger partial charge in [0, 0.05) is 39.6 Å². The second-order valence-corrected chi connectivity index (χ2v) is 8.01. The number of ether oxygens (including phenoxy) is 2. The highest BCUT2D eigenvalue weighted by molar-refractivity contribution is 7.42. The molecule has 0 aliphatic carbocycles. The van der Waals surface area contributed by atoms with Crippen molar-refractivity contribution in [3.63, 3.8) is 0 Å². The fraction of sp³-hybridized carbons (Fsp3) is 0.706. The summed E-state index contributed by atoms with van der Waals surface area (Å²) in [7, 11) is 0.137. The molecular weight excluding hydrogens is 313 g/mol. The summed E-state index contributed by atoms with van der Waals surface area (Å²) in [6.07, 6.45) is 3.83. The molecule has 5 nitrogen and oxygen atoms in total. The van der Waals surface area contributed by atoms with E-state index >= 15 is 0 Å². The van der Waals surface area contributed by atoms with Gasteiger partial charge in [0.1, 0.15) is 0 Å². The Morgan fingerprint density at radius 3 is 2.65 bits per heavy atom. The van der Waals surface area contributed by atoms with Gasteiger partial charge in [0.2, 0.25) is 5.88 Å². The maximum Gasteiger partial charge on any atom is 0.213 e. The van der Waals surface area contributed by atoms with E-state index in [0.717, 1.165) is 31.4 Å². The monoisotopic (exact) mass is 341 g/mol. The van der Waals surface area contributed by atoms with Gasteiger partial charge in [-0.05, 0) is 52.5 Å². The van der Waals surface area contributed by atoms with E-state index in [0.29, 0.717) is 18.4 Å². The molecule has 1 saturated heterocycles. The van der Waals surface area contributed by atoms with E-state index in [1.165, 1.54) is 0 Å². The number of hydrogen-bond acceptors (Lipinski definition) is 5. The van der Waals surface area contributed by atoms with Gasteiger partial charge in [0.25, 0.3) is 0 Å². The van der Waals surface area contributed by atoms with Gasteiger partial charge in [-0.15, -0.1) is 0 Å². The van der Waals surface area contributed by atoms with E-state index in [1.807, 2.05) is 26.0 Å². The first-order valence-corrected chi connectivity index (χ1v) is 9.02. The van der Waals surface area contributed by atoms with Crippen LogP contribution in [0.2, 0.25) is 0 Å². The van der Waals surface area contributed by atoms with E-state index in [2.05, 4.69) is 4.98 Å². The van der Waals surface area contributed by atoms with Gasteiger partial charge in [-0.1, -0.05) is 0 Å². The number of rotatable bonds is 7. The van der Waals surface area contributed by atoms with E-state index in [9.17, 15) is 5.11 Å². The Bertz CT molecular complexity index is 496. The minimum Gasteiger partial charge on any atom is -0.477 e. The molecule has 0 bridgehead atoms. The summed E-state index contributed by atoms with van der Waals surface area (Å²) < 4.78 is 17.1. The normalized spacial score (nSPS) is 17.8. The van der Waals surface area contributed by atoms with Crippen molar-refractivity contribution in [2.24, 2.45) is 5.92 Å². The molecule has 1 fully saturated rings. The molecule has 23 heavy (non-hydrogen) atoms. The summed E-state index contributed by atoms with van der Waals surface area (Å²) in [6.45, 7) is 9.62. The number of pyridine rings is 1. The SMILES string of the molecule is CC(C)(O)C(C)(C)OPc1ccnc(OCC2CCOCC2)c1. The average Bonchev–Trinajstić information content (AvgIpc) is 2.51. The third kappa shape index (κ3) is 5.68. The van der Waals surface area contributed by atoms with Crippen molar-refractivity contribution >= 4 is 14.1 Å². The highest BCUT2D eigenvalue weighted by Crippen LogP contribution is 2.32. The van der Waals surface area contributed by atoms with Crippen LogP contribution in [0.1, 0.15) is 40.5 Å². The lowest BCUT2D eigenvalue weighted by Gasteiger charge is -2.36. The predicted octanol–water partition coefficient (Wildman–Crippen LogP) is 2.67. The minimum atomic E-state index is -0.907. The molecule has 0 radical (unpaired) electrons. The summed E-state index contributed by atoms with van der Waals surface area (Å²) in [5.41, 5.74) is -1.53. The number of aliphatic hydroxyl groups is 1. The lowest BCUT2D eigenvalue weighted by molar-refractivity contribution is -0.0833. The fourth-order valence-corrected chi connectivity index (χ4v) is 2.93. The Hall–Kier alpha value is -0.740. The van der Waals surface area contributed by atoms with Gasteiger partial charge < -0.3 is 19.1 Å². The van der Waals surface area contributed by atoms with Crippen LogP contribution in [0.5, 0.6) is 5.88 Å². The zero-order chi connectivity index (χ0) is 16.9. The highest BCUT2D eigenvalue weighted by atomic mass is 31.1. The average molecular weight is 341 g/mol. The van der Waals surface area contributed by atoms with Crippen molar-refractivity contribution in [3.8, 4) is 5.88 Å². The number of nitrogens with zero attached hydrogens (tertiary/aromatic N) is 1. The molecule has 6 heteroatoms. The van der Waals surface area contributed by atoms with Gasteiger partial charge in [-0.2, -0.15) is 0 Å². The molecule has 1 aromatic heterocycles. The van der Waals surface area contributed by atoms with E-state index < -0.39 is 11.2 Å². The van der Waals surface area contributed by atoms with Crippen LogP contribution >= 0.6 is 8.81 Å². The molecule has 1 atom stereocenters. The van der Waals surface area contributed by atoms with Gasteiger partial charge >= 0.3 is 0 Å². The Balaban J connectivity index is 1.87. The van der Waals surface area contributed by atoms with Crippen LogP contribution in [0.3, 0.4) is 0 Å². The molecule has 1 aliphatic heterocycles. The first-order valence-electron chi connectivity index (χ1n) is 8.11. The summed E-state index contributed by atoms with van der Waals surface area (Å²) in [5.74, 6) is 1.17. The quantitative estimate of drug-likeness (QED) is 0.773.